The van der Waals surface area contributed by atoms with E-state index in [-0.39, 0.29) is 25.2 Å². The zero-order chi connectivity index (χ0) is 15.4. The van der Waals surface area contributed by atoms with Crippen LogP contribution in [-0.4, -0.2) is 59.1 Å². The molecule has 0 aromatic rings. The summed E-state index contributed by atoms with van der Waals surface area (Å²) in [5.41, 5.74) is -0.311. The molecule has 120 valence electrons. The average Bonchev–Trinajstić information content (AvgIpc) is 2.46. The van der Waals surface area contributed by atoms with E-state index in [1.165, 1.54) is 0 Å². The molecule has 0 amide bonds. The third kappa shape index (κ3) is 7.97. The van der Waals surface area contributed by atoms with Gasteiger partial charge in [-0.05, 0) is 32.1 Å². The van der Waals surface area contributed by atoms with Crippen molar-refractivity contribution in [1.82, 2.24) is 0 Å². The fraction of sp³-hybridized carbons (Fsp3) is 0.867. The summed E-state index contributed by atoms with van der Waals surface area (Å²) >= 11 is 0. The molecule has 4 N–H and O–H groups in total. The summed E-state index contributed by atoms with van der Waals surface area (Å²) in [7, 11) is 0. The molecule has 0 saturated heterocycles. The van der Waals surface area contributed by atoms with Gasteiger partial charge in [-0.3, -0.25) is 0 Å². The van der Waals surface area contributed by atoms with E-state index in [4.69, 9.17) is 9.84 Å². The van der Waals surface area contributed by atoms with Crippen molar-refractivity contribution in [2.75, 3.05) is 26.4 Å². The molecule has 20 heavy (non-hydrogen) atoms. The van der Waals surface area contributed by atoms with Crippen molar-refractivity contribution < 1.29 is 25.2 Å². The minimum Gasteiger partial charge on any atom is -0.396 e. The van der Waals surface area contributed by atoms with Gasteiger partial charge in [0.15, 0.2) is 0 Å². The highest BCUT2D eigenvalue weighted by Crippen LogP contribution is 2.26. The lowest BCUT2D eigenvalue weighted by Crippen LogP contribution is -2.31. The topological polar surface area (TPSA) is 90.2 Å². The molecular weight excluding hydrogens is 260 g/mol. The summed E-state index contributed by atoms with van der Waals surface area (Å²) in [5, 5.41) is 37.1. The van der Waals surface area contributed by atoms with E-state index in [9.17, 15) is 15.3 Å². The lowest BCUT2D eigenvalue weighted by molar-refractivity contribution is -0.0314. The van der Waals surface area contributed by atoms with Crippen LogP contribution in [0, 0.1) is 5.41 Å². The number of rotatable bonds is 13. The van der Waals surface area contributed by atoms with Gasteiger partial charge in [0.05, 0.1) is 38.6 Å². The van der Waals surface area contributed by atoms with Gasteiger partial charge in [0, 0.05) is 5.41 Å². The van der Waals surface area contributed by atoms with Gasteiger partial charge >= 0.3 is 0 Å². The molecule has 0 fully saturated rings. The molecule has 0 saturated carbocycles. The van der Waals surface area contributed by atoms with Gasteiger partial charge < -0.3 is 25.2 Å². The van der Waals surface area contributed by atoms with Crippen LogP contribution in [0.15, 0.2) is 12.7 Å². The van der Waals surface area contributed by atoms with Crippen molar-refractivity contribution in [3.8, 4) is 0 Å². The Bertz CT molecular complexity index is 240. The normalized spacial score (nSPS) is 17.4. The van der Waals surface area contributed by atoms with Crippen LogP contribution >= 0.6 is 0 Å². The first kappa shape index (κ1) is 19.5. The molecule has 5 heteroatoms. The number of hydrogen-bond donors (Lipinski definition) is 4. The Labute approximate surface area is 121 Å². The van der Waals surface area contributed by atoms with Gasteiger partial charge in [0.2, 0.25) is 0 Å². The summed E-state index contributed by atoms with van der Waals surface area (Å²) in [6.07, 6.45) is 3.58. The van der Waals surface area contributed by atoms with E-state index in [1.807, 2.05) is 6.92 Å². The maximum Gasteiger partial charge on any atom is 0.0773 e. The Balaban J connectivity index is 3.88. The number of allylic oxidation sites excluding steroid dienone is 1. The lowest BCUT2D eigenvalue weighted by Gasteiger charge is -2.29. The van der Waals surface area contributed by atoms with Gasteiger partial charge in [-0.1, -0.05) is 13.0 Å². The minimum atomic E-state index is -0.710. The molecule has 0 aliphatic carbocycles. The zero-order valence-corrected chi connectivity index (χ0v) is 12.5. The molecule has 5 nitrogen and oxygen atoms in total. The highest BCUT2D eigenvalue weighted by Gasteiger charge is 2.26. The third-order valence-corrected chi connectivity index (χ3v) is 3.67. The maximum absolute atomic E-state index is 9.76. The Morgan fingerprint density at radius 2 is 1.85 bits per heavy atom. The fourth-order valence-corrected chi connectivity index (χ4v) is 2.01. The first-order valence-corrected chi connectivity index (χ1v) is 7.30. The van der Waals surface area contributed by atoms with Crippen LogP contribution in [0.4, 0.5) is 0 Å². The number of aliphatic hydroxyl groups excluding tert-OH is 4. The summed E-state index contributed by atoms with van der Waals surface area (Å²) in [5.74, 6) is 0. The van der Waals surface area contributed by atoms with Gasteiger partial charge in [-0.15, -0.1) is 6.58 Å². The summed E-state index contributed by atoms with van der Waals surface area (Å²) < 4.78 is 5.51. The first-order chi connectivity index (χ1) is 9.53. The molecule has 0 spiro atoms. The molecule has 3 unspecified atom stereocenters. The first-order valence-electron chi connectivity index (χ1n) is 7.30. The Kier molecular flexibility index (Phi) is 11.0. The van der Waals surface area contributed by atoms with Crippen molar-refractivity contribution in [2.24, 2.45) is 5.41 Å². The summed E-state index contributed by atoms with van der Waals surface area (Å²) in [6.45, 7) is 6.08. The minimum absolute atomic E-state index is 0.0360. The van der Waals surface area contributed by atoms with Crippen molar-refractivity contribution in [1.29, 1.82) is 0 Å². The SMILES string of the molecule is C=CCC(CC)(CO)COCC(O)CCCC(O)CO. The van der Waals surface area contributed by atoms with Crippen molar-refractivity contribution in [2.45, 2.75) is 51.2 Å². The Morgan fingerprint density at radius 3 is 2.35 bits per heavy atom. The average molecular weight is 290 g/mol. The Hall–Kier alpha value is -0.460. The number of aliphatic hydroxyl groups is 4. The maximum atomic E-state index is 9.76. The summed E-state index contributed by atoms with van der Waals surface area (Å²) in [4.78, 5) is 0. The van der Waals surface area contributed by atoms with Crippen molar-refractivity contribution >= 4 is 0 Å². The molecule has 0 aliphatic heterocycles. The van der Waals surface area contributed by atoms with Crippen LogP contribution in [-0.2, 0) is 4.74 Å². The second kappa shape index (κ2) is 11.2. The largest absolute Gasteiger partial charge is 0.396 e. The lowest BCUT2D eigenvalue weighted by atomic mass is 9.83. The van der Waals surface area contributed by atoms with Gasteiger partial charge in [0.1, 0.15) is 0 Å². The second-order valence-electron chi connectivity index (χ2n) is 5.44. The van der Waals surface area contributed by atoms with Gasteiger partial charge in [0.25, 0.3) is 0 Å². The van der Waals surface area contributed by atoms with E-state index in [0.717, 1.165) is 6.42 Å². The van der Waals surface area contributed by atoms with Crippen molar-refractivity contribution in [3.05, 3.63) is 12.7 Å². The Morgan fingerprint density at radius 1 is 1.20 bits per heavy atom. The van der Waals surface area contributed by atoms with E-state index in [2.05, 4.69) is 6.58 Å². The quantitative estimate of drug-likeness (QED) is 0.378. The van der Waals surface area contributed by atoms with E-state index < -0.39 is 12.2 Å². The standard InChI is InChI=1S/C15H30O5/c1-3-8-15(4-2,11-17)12-20-10-14(19)7-5-6-13(18)9-16/h3,13-14,16-19H,1,4-12H2,2H3. The number of ether oxygens (including phenoxy) is 1. The van der Waals surface area contributed by atoms with Crippen LogP contribution in [0.25, 0.3) is 0 Å². The molecule has 0 aromatic carbocycles. The molecule has 0 aromatic heterocycles. The second-order valence-corrected chi connectivity index (χ2v) is 5.44. The smallest absolute Gasteiger partial charge is 0.0773 e. The van der Waals surface area contributed by atoms with Crippen LogP contribution in [0.1, 0.15) is 39.0 Å². The highest BCUT2D eigenvalue weighted by atomic mass is 16.5. The number of hydrogen-bond acceptors (Lipinski definition) is 5. The van der Waals surface area contributed by atoms with Crippen LogP contribution in [0.2, 0.25) is 0 Å². The van der Waals surface area contributed by atoms with E-state index >= 15 is 0 Å². The van der Waals surface area contributed by atoms with Crippen LogP contribution in [0.5, 0.6) is 0 Å². The molecule has 0 rings (SSSR count). The highest BCUT2D eigenvalue weighted by molar-refractivity contribution is 4.85. The van der Waals surface area contributed by atoms with Crippen molar-refractivity contribution in [3.63, 3.8) is 0 Å². The predicted molar refractivity (Wildman–Crippen MR) is 78.4 cm³/mol. The third-order valence-electron chi connectivity index (χ3n) is 3.67. The molecule has 3 atom stereocenters. The van der Waals surface area contributed by atoms with Crippen LogP contribution < -0.4 is 0 Å². The molecule has 0 heterocycles. The zero-order valence-electron chi connectivity index (χ0n) is 12.5. The monoisotopic (exact) mass is 290 g/mol. The molecular formula is C15H30O5. The predicted octanol–water partition coefficient (Wildman–Crippen LogP) is 0.852. The molecule has 0 radical (unpaired) electrons. The molecule has 0 aliphatic rings. The van der Waals surface area contributed by atoms with Crippen LogP contribution in [0.3, 0.4) is 0 Å². The summed E-state index contributed by atoms with van der Waals surface area (Å²) in [6, 6.07) is 0. The fourth-order valence-electron chi connectivity index (χ4n) is 2.01. The van der Waals surface area contributed by atoms with E-state index in [1.54, 1.807) is 6.08 Å². The molecule has 0 bridgehead atoms. The van der Waals surface area contributed by atoms with Gasteiger partial charge in [-0.2, -0.15) is 0 Å². The van der Waals surface area contributed by atoms with Gasteiger partial charge in [-0.25, -0.2) is 0 Å². The van der Waals surface area contributed by atoms with E-state index in [0.29, 0.717) is 32.3 Å².